The maximum absolute atomic E-state index is 14.9. The highest BCUT2D eigenvalue weighted by atomic mass is 19.4. The van der Waals surface area contributed by atoms with Gasteiger partial charge < -0.3 is 19.1 Å². The summed E-state index contributed by atoms with van der Waals surface area (Å²) >= 11 is 0. The quantitative estimate of drug-likeness (QED) is 0.246. The lowest BCUT2D eigenvalue weighted by molar-refractivity contribution is -0.137. The molecule has 202 valence electrons. The zero-order valence-corrected chi connectivity index (χ0v) is 20.3. The average molecular weight is 535 g/mol. The van der Waals surface area contributed by atoms with E-state index in [1.165, 1.54) is 43.8 Å². The van der Waals surface area contributed by atoms with Gasteiger partial charge in [-0.2, -0.15) is 23.4 Å². The molecule has 1 amide bonds. The number of rotatable bonds is 8. The average Bonchev–Trinajstić information content (AvgIpc) is 3.43. The minimum Gasteiger partial charge on any atom is -0.472 e. The van der Waals surface area contributed by atoms with E-state index in [-0.39, 0.29) is 42.5 Å². The van der Waals surface area contributed by atoms with E-state index in [2.05, 4.69) is 15.2 Å². The highest BCUT2D eigenvalue weighted by Gasteiger charge is 2.51. The molecular weight excluding hydrogens is 510 g/mol. The first-order chi connectivity index (χ1) is 18.3. The maximum Gasteiger partial charge on any atom is 0.417 e. The van der Waals surface area contributed by atoms with Crippen LogP contribution in [0.3, 0.4) is 0 Å². The molecule has 3 aromatic rings. The molecule has 2 aromatic heterocycles. The molecule has 1 aromatic carbocycles. The van der Waals surface area contributed by atoms with Crippen LogP contribution >= 0.6 is 0 Å². The summed E-state index contributed by atoms with van der Waals surface area (Å²) in [5.74, 6) is -1.11. The summed E-state index contributed by atoms with van der Waals surface area (Å²) in [4.78, 5) is 20.6. The van der Waals surface area contributed by atoms with Crippen LogP contribution in [0.2, 0.25) is 0 Å². The number of halogens is 4. The normalized spacial score (nSPS) is 23.0. The van der Waals surface area contributed by atoms with Crippen LogP contribution in [0.15, 0.2) is 48.9 Å². The highest BCUT2D eigenvalue weighted by Crippen LogP contribution is 2.43. The van der Waals surface area contributed by atoms with Crippen molar-refractivity contribution in [3.8, 4) is 11.6 Å². The lowest BCUT2D eigenvalue weighted by atomic mass is 9.72. The summed E-state index contributed by atoms with van der Waals surface area (Å²) in [5, 5.41) is 8.00. The van der Waals surface area contributed by atoms with E-state index in [4.69, 9.17) is 14.2 Å². The van der Waals surface area contributed by atoms with Crippen molar-refractivity contribution in [2.24, 2.45) is 5.92 Å². The Bertz CT molecular complexity index is 1260. The molecule has 4 atom stereocenters. The maximum atomic E-state index is 14.9. The molecule has 6 rings (SSSR count). The molecule has 2 aliphatic heterocycles. The number of ether oxygens (including phenoxy) is 3. The van der Waals surface area contributed by atoms with Crippen molar-refractivity contribution in [2.75, 3.05) is 20.5 Å². The Balaban J connectivity index is 1.46. The Morgan fingerprint density at radius 1 is 1.13 bits per heavy atom. The summed E-state index contributed by atoms with van der Waals surface area (Å²) in [7, 11) is 1.49. The number of para-hydroxylation sites is 1. The molecule has 9 nitrogen and oxygen atoms in total. The van der Waals surface area contributed by atoms with Gasteiger partial charge in [0.05, 0.1) is 42.2 Å². The predicted octanol–water partition coefficient (Wildman–Crippen LogP) is 3.88. The van der Waals surface area contributed by atoms with E-state index in [0.29, 0.717) is 12.8 Å². The topological polar surface area (TPSA) is 91.6 Å². The Morgan fingerprint density at radius 2 is 1.92 bits per heavy atom. The number of pyridine rings is 1. The Morgan fingerprint density at radius 3 is 2.61 bits per heavy atom. The highest BCUT2D eigenvalue weighted by molar-refractivity contribution is 5.98. The van der Waals surface area contributed by atoms with Crippen molar-refractivity contribution >= 4 is 5.91 Å². The van der Waals surface area contributed by atoms with Crippen molar-refractivity contribution in [2.45, 2.75) is 43.6 Å². The van der Waals surface area contributed by atoms with Crippen LogP contribution in [-0.2, 0) is 15.7 Å². The van der Waals surface area contributed by atoms with Gasteiger partial charge in [-0.1, -0.05) is 6.07 Å². The number of benzene rings is 1. The van der Waals surface area contributed by atoms with Gasteiger partial charge in [-0.25, -0.2) is 9.37 Å². The first kappa shape index (κ1) is 26.0. The van der Waals surface area contributed by atoms with Crippen molar-refractivity contribution in [1.29, 1.82) is 0 Å². The minimum absolute atomic E-state index is 0.0277. The fourth-order valence-corrected chi connectivity index (χ4v) is 5.32. The zero-order valence-electron chi connectivity index (χ0n) is 20.3. The van der Waals surface area contributed by atoms with E-state index < -0.39 is 35.6 Å². The van der Waals surface area contributed by atoms with Crippen LogP contribution in [0, 0.1) is 11.7 Å². The number of alkyl halides is 3. The van der Waals surface area contributed by atoms with Gasteiger partial charge in [-0.15, -0.1) is 4.80 Å². The molecule has 38 heavy (non-hydrogen) atoms. The van der Waals surface area contributed by atoms with Crippen molar-refractivity contribution in [3.05, 3.63) is 65.9 Å². The summed E-state index contributed by atoms with van der Waals surface area (Å²) in [6.07, 6.45) is 0.379. The number of hydrogen-bond acceptors (Lipinski definition) is 7. The molecule has 0 radical (unpaired) electrons. The van der Waals surface area contributed by atoms with Gasteiger partial charge in [0.25, 0.3) is 5.91 Å². The monoisotopic (exact) mass is 535 g/mol. The van der Waals surface area contributed by atoms with Crippen LogP contribution in [0.25, 0.3) is 5.69 Å². The summed E-state index contributed by atoms with van der Waals surface area (Å²) < 4.78 is 70.5. The molecule has 3 fully saturated rings. The van der Waals surface area contributed by atoms with Crippen LogP contribution in [0.5, 0.6) is 5.88 Å². The second-order valence-corrected chi connectivity index (χ2v) is 9.19. The molecule has 2 bridgehead atoms. The second-order valence-electron chi connectivity index (χ2n) is 9.19. The number of hydrogen-bond donors (Lipinski definition) is 0. The molecule has 1 aliphatic carbocycles. The minimum atomic E-state index is -4.51. The SMILES string of the molecule is COCOC[C@@H]1[C@@H]2CC[C@@H]([C@H](Oc3ccc(C(F)(F)F)cn3)C2)N1C(=O)c1cccc(F)c1-n1nccn1. The van der Waals surface area contributed by atoms with Gasteiger partial charge in [-0.3, -0.25) is 4.79 Å². The molecule has 2 saturated heterocycles. The third-order valence-electron chi connectivity index (χ3n) is 6.95. The van der Waals surface area contributed by atoms with Gasteiger partial charge in [0.1, 0.15) is 18.6 Å². The van der Waals surface area contributed by atoms with Crippen molar-refractivity contribution < 1.29 is 36.6 Å². The number of nitrogens with zero attached hydrogens (tertiary/aromatic N) is 5. The zero-order chi connectivity index (χ0) is 26.9. The van der Waals surface area contributed by atoms with E-state index >= 15 is 0 Å². The van der Waals surface area contributed by atoms with Gasteiger partial charge in [0.2, 0.25) is 5.88 Å². The number of fused-ring (bicyclic) bond motifs is 3. The second kappa shape index (κ2) is 10.7. The number of methoxy groups -OCH3 is 1. The summed E-state index contributed by atoms with van der Waals surface area (Å²) in [6, 6.07) is 5.45. The largest absolute Gasteiger partial charge is 0.472 e. The van der Waals surface area contributed by atoms with Crippen LogP contribution in [-0.4, -0.2) is 69.5 Å². The number of carbonyl (C=O) groups excluding carboxylic acids is 1. The molecule has 13 heteroatoms. The number of piperidine rings is 2. The fourth-order valence-electron chi connectivity index (χ4n) is 5.32. The molecule has 3 aliphatic rings. The van der Waals surface area contributed by atoms with Gasteiger partial charge in [-0.05, 0) is 43.4 Å². The molecule has 0 spiro atoms. The third kappa shape index (κ3) is 5.07. The Labute approximate surface area is 215 Å². The van der Waals surface area contributed by atoms with E-state index in [1.807, 2.05) is 0 Å². The Kier molecular flexibility index (Phi) is 7.30. The van der Waals surface area contributed by atoms with E-state index in [9.17, 15) is 22.4 Å². The lowest BCUT2D eigenvalue weighted by Gasteiger charge is -2.54. The van der Waals surface area contributed by atoms with Crippen molar-refractivity contribution in [1.82, 2.24) is 24.9 Å². The number of amides is 1. The van der Waals surface area contributed by atoms with Crippen LogP contribution in [0.4, 0.5) is 17.6 Å². The fraction of sp³-hybridized carbons (Fsp3) is 0.440. The Hall–Kier alpha value is -3.58. The van der Waals surface area contributed by atoms with Gasteiger partial charge in [0, 0.05) is 19.4 Å². The predicted molar refractivity (Wildman–Crippen MR) is 124 cm³/mol. The van der Waals surface area contributed by atoms with E-state index in [1.54, 1.807) is 4.90 Å². The number of aromatic nitrogens is 4. The first-order valence-corrected chi connectivity index (χ1v) is 12.0. The van der Waals surface area contributed by atoms with Gasteiger partial charge in [0.15, 0.2) is 5.82 Å². The first-order valence-electron chi connectivity index (χ1n) is 12.0. The molecular formula is C25H25F4N5O4. The third-order valence-corrected chi connectivity index (χ3v) is 6.95. The van der Waals surface area contributed by atoms with E-state index in [0.717, 1.165) is 23.5 Å². The van der Waals surface area contributed by atoms with Crippen LogP contribution in [0.1, 0.15) is 35.2 Å². The van der Waals surface area contributed by atoms with Crippen LogP contribution < -0.4 is 4.74 Å². The van der Waals surface area contributed by atoms with Gasteiger partial charge >= 0.3 is 6.18 Å². The van der Waals surface area contributed by atoms with Crippen molar-refractivity contribution in [3.63, 3.8) is 0 Å². The lowest BCUT2D eigenvalue weighted by Crippen LogP contribution is -2.65. The standard InChI is InChI=1S/C25H25F4N5O4/c1-36-14-37-13-20-15-5-7-19(21(11-15)38-22-8-6-16(12-30-22)25(27,28)29)33(20)24(35)17-3-2-4-18(26)23(17)34-31-9-10-32-34/h2-4,6,8-10,12,15,19-21H,5,7,11,13-14H2,1H3/t15-,19+,20-,21-/m1/s1. The molecule has 0 unspecified atom stereocenters. The summed E-state index contributed by atoms with van der Waals surface area (Å²) in [6.45, 7) is 0.227. The molecule has 4 heterocycles. The molecule has 1 saturated carbocycles. The summed E-state index contributed by atoms with van der Waals surface area (Å²) in [5.41, 5.74) is -0.896. The smallest absolute Gasteiger partial charge is 0.417 e. The number of carbonyl (C=O) groups is 1. The molecule has 0 N–H and O–H groups in total.